The molecular weight excluding hydrogens is 452 g/mol. The first kappa shape index (κ1) is 22.6. The average molecular weight is 485 g/mol. The zero-order valence-electron chi connectivity index (χ0n) is 20.4. The number of benzene rings is 2. The molecule has 2 aromatic carbocycles. The summed E-state index contributed by atoms with van der Waals surface area (Å²) in [6, 6.07) is 16.3. The molecule has 1 aromatic heterocycles. The summed E-state index contributed by atoms with van der Waals surface area (Å²) >= 11 is 0. The van der Waals surface area contributed by atoms with Crippen molar-refractivity contribution in [2.45, 2.75) is 31.6 Å². The van der Waals surface area contributed by atoms with E-state index >= 15 is 0 Å². The summed E-state index contributed by atoms with van der Waals surface area (Å²) in [5.74, 6) is 0.375. The number of carbonyl (C=O) groups is 2. The van der Waals surface area contributed by atoms with Crippen LogP contribution < -0.4 is 20.4 Å². The van der Waals surface area contributed by atoms with Gasteiger partial charge in [-0.1, -0.05) is 6.07 Å². The number of likely N-dealkylation sites (tertiary alicyclic amines) is 1. The van der Waals surface area contributed by atoms with Gasteiger partial charge in [0.1, 0.15) is 0 Å². The third-order valence-corrected chi connectivity index (χ3v) is 7.74. The van der Waals surface area contributed by atoms with Gasteiger partial charge in [0.05, 0.1) is 5.52 Å². The zero-order chi connectivity index (χ0) is 24.5. The van der Waals surface area contributed by atoms with Gasteiger partial charge in [-0.15, -0.1) is 0 Å². The number of anilines is 3. The maximum Gasteiger partial charge on any atom is 0.321 e. The van der Waals surface area contributed by atoms with E-state index < -0.39 is 0 Å². The first-order valence-electron chi connectivity index (χ1n) is 13.0. The summed E-state index contributed by atoms with van der Waals surface area (Å²) in [4.78, 5) is 35.6. The lowest BCUT2D eigenvalue weighted by Gasteiger charge is -2.32. The van der Waals surface area contributed by atoms with E-state index in [1.165, 1.54) is 24.1 Å². The fourth-order valence-electron chi connectivity index (χ4n) is 5.73. The zero-order valence-corrected chi connectivity index (χ0v) is 20.4. The number of carbonyl (C=O) groups excluding carboxylic acids is 2. The molecule has 3 saturated heterocycles. The number of urea groups is 2. The van der Waals surface area contributed by atoms with E-state index in [9.17, 15) is 9.59 Å². The molecule has 4 heterocycles. The molecule has 3 aliphatic rings. The van der Waals surface area contributed by atoms with E-state index in [2.05, 4.69) is 44.8 Å². The number of fused-ring (bicyclic) bond motifs is 1. The Labute approximate surface area is 211 Å². The molecule has 186 valence electrons. The van der Waals surface area contributed by atoms with Crippen molar-refractivity contribution in [3.63, 3.8) is 0 Å². The molecule has 8 heteroatoms. The van der Waals surface area contributed by atoms with Crippen LogP contribution in [0.15, 0.2) is 54.7 Å². The number of nitrogens with one attached hydrogen (secondary N) is 2. The van der Waals surface area contributed by atoms with Crippen LogP contribution >= 0.6 is 0 Å². The Kier molecular flexibility index (Phi) is 6.09. The van der Waals surface area contributed by atoms with Crippen molar-refractivity contribution in [3.05, 3.63) is 60.3 Å². The molecule has 4 amide bonds. The van der Waals surface area contributed by atoms with Crippen LogP contribution in [-0.2, 0) is 0 Å². The number of hydrogen-bond donors (Lipinski definition) is 2. The monoisotopic (exact) mass is 484 g/mol. The van der Waals surface area contributed by atoms with Crippen LogP contribution in [-0.4, -0.2) is 61.2 Å². The lowest BCUT2D eigenvalue weighted by molar-refractivity contribution is 0.195. The minimum absolute atomic E-state index is 0.0320. The Morgan fingerprint density at radius 3 is 2.39 bits per heavy atom. The van der Waals surface area contributed by atoms with Crippen molar-refractivity contribution in [1.29, 1.82) is 0 Å². The van der Waals surface area contributed by atoms with Gasteiger partial charge in [-0.25, -0.2) is 9.59 Å². The minimum atomic E-state index is -0.0568. The first-order chi connectivity index (χ1) is 17.7. The highest BCUT2D eigenvalue weighted by atomic mass is 16.2. The van der Waals surface area contributed by atoms with Crippen molar-refractivity contribution < 1.29 is 9.59 Å². The average Bonchev–Trinajstić information content (AvgIpc) is 3.61. The van der Waals surface area contributed by atoms with Gasteiger partial charge in [0.2, 0.25) is 0 Å². The summed E-state index contributed by atoms with van der Waals surface area (Å²) in [7, 11) is 0. The normalized spacial score (nSPS) is 18.7. The van der Waals surface area contributed by atoms with Gasteiger partial charge >= 0.3 is 12.1 Å². The minimum Gasteiger partial charge on any atom is -0.372 e. The smallest absolute Gasteiger partial charge is 0.321 e. The van der Waals surface area contributed by atoms with Gasteiger partial charge in [0.15, 0.2) is 0 Å². The fraction of sp³-hybridized carbons (Fsp3) is 0.393. The summed E-state index contributed by atoms with van der Waals surface area (Å²) in [5, 5.41) is 7.05. The lowest BCUT2D eigenvalue weighted by Crippen LogP contribution is -2.40. The first-order valence-corrected chi connectivity index (χ1v) is 13.0. The Morgan fingerprint density at radius 2 is 1.67 bits per heavy atom. The predicted molar refractivity (Wildman–Crippen MR) is 143 cm³/mol. The second-order valence-corrected chi connectivity index (χ2v) is 9.92. The predicted octanol–water partition coefficient (Wildman–Crippen LogP) is 4.78. The van der Waals surface area contributed by atoms with Gasteiger partial charge in [0, 0.05) is 67.9 Å². The van der Waals surface area contributed by atoms with Gasteiger partial charge in [-0.2, -0.15) is 0 Å². The molecule has 0 atom stereocenters. The molecule has 0 bridgehead atoms. The number of rotatable bonds is 4. The highest BCUT2D eigenvalue weighted by Gasteiger charge is 2.26. The van der Waals surface area contributed by atoms with Gasteiger partial charge in [-0.3, -0.25) is 9.88 Å². The van der Waals surface area contributed by atoms with Crippen LogP contribution in [0.3, 0.4) is 0 Å². The number of pyridine rings is 1. The number of aromatic nitrogens is 1. The largest absolute Gasteiger partial charge is 0.372 e. The standard InChI is InChI=1S/C28H32N6O2/c35-27-30-13-18-34(27)23-7-8-25-24(9-12-29-26(25)19-23)20-10-16-33(17-11-20)28(36)31-21-3-5-22(6-4-21)32-14-1-2-15-32/h3-9,12,19-20H,1-2,10-11,13-18H2,(H,30,35)(H,31,36). The second kappa shape index (κ2) is 9.68. The van der Waals surface area contributed by atoms with Crippen molar-refractivity contribution >= 4 is 40.0 Å². The van der Waals surface area contributed by atoms with Crippen LogP contribution in [0.1, 0.15) is 37.2 Å². The molecule has 0 saturated carbocycles. The van der Waals surface area contributed by atoms with Gasteiger partial charge in [-0.05, 0) is 79.6 Å². The number of piperidine rings is 1. The van der Waals surface area contributed by atoms with Crippen LogP contribution in [0.2, 0.25) is 0 Å². The van der Waals surface area contributed by atoms with Gasteiger partial charge < -0.3 is 20.4 Å². The van der Waals surface area contributed by atoms with E-state index in [0.717, 1.165) is 61.3 Å². The third-order valence-electron chi connectivity index (χ3n) is 7.74. The van der Waals surface area contributed by atoms with Crippen LogP contribution in [0, 0.1) is 0 Å². The van der Waals surface area contributed by atoms with E-state index in [1.54, 1.807) is 4.90 Å². The van der Waals surface area contributed by atoms with Crippen molar-refractivity contribution in [2.24, 2.45) is 0 Å². The Bertz CT molecular complexity index is 1260. The van der Waals surface area contributed by atoms with Crippen molar-refractivity contribution in [2.75, 3.05) is 54.4 Å². The number of hydrogen-bond acceptors (Lipinski definition) is 4. The van der Waals surface area contributed by atoms with Crippen LogP contribution in [0.5, 0.6) is 0 Å². The molecule has 2 N–H and O–H groups in total. The topological polar surface area (TPSA) is 80.8 Å². The van der Waals surface area contributed by atoms with Crippen molar-refractivity contribution in [3.8, 4) is 0 Å². The van der Waals surface area contributed by atoms with Crippen LogP contribution in [0.4, 0.5) is 26.7 Å². The summed E-state index contributed by atoms with van der Waals surface area (Å²) in [6.07, 6.45) is 6.19. The molecule has 8 nitrogen and oxygen atoms in total. The number of nitrogens with zero attached hydrogens (tertiary/aromatic N) is 4. The summed E-state index contributed by atoms with van der Waals surface area (Å²) < 4.78 is 0. The van der Waals surface area contributed by atoms with E-state index in [0.29, 0.717) is 19.0 Å². The fourth-order valence-corrected chi connectivity index (χ4v) is 5.73. The molecule has 3 aromatic rings. The SMILES string of the molecule is O=C(Nc1ccc(N2CCCC2)cc1)N1CCC(c2ccnc3cc(N4CCNC4=O)ccc23)CC1. The Morgan fingerprint density at radius 1 is 0.917 bits per heavy atom. The Hall–Kier alpha value is -3.81. The van der Waals surface area contributed by atoms with E-state index in [1.807, 2.05) is 35.4 Å². The highest BCUT2D eigenvalue weighted by molar-refractivity contribution is 5.97. The maximum atomic E-state index is 12.9. The molecule has 0 unspecified atom stereocenters. The Balaban J connectivity index is 1.09. The molecule has 36 heavy (non-hydrogen) atoms. The lowest BCUT2D eigenvalue weighted by atomic mass is 9.87. The molecule has 0 radical (unpaired) electrons. The molecule has 3 aliphatic heterocycles. The second-order valence-electron chi connectivity index (χ2n) is 9.92. The maximum absolute atomic E-state index is 12.9. The quantitative estimate of drug-likeness (QED) is 0.559. The number of amides is 4. The molecular formula is C28H32N6O2. The molecule has 0 aliphatic carbocycles. The highest BCUT2D eigenvalue weighted by Crippen LogP contribution is 2.34. The third kappa shape index (κ3) is 4.43. The van der Waals surface area contributed by atoms with E-state index in [4.69, 9.17) is 0 Å². The summed E-state index contributed by atoms with van der Waals surface area (Å²) in [6.45, 7) is 5.01. The summed E-state index contributed by atoms with van der Waals surface area (Å²) in [5.41, 5.74) is 5.12. The van der Waals surface area contributed by atoms with Crippen LogP contribution in [0.25, 0.3) is 10.9 Å². The van der Waals surface area contributed by atoms with E-state index in [-0.39, 0.29) is 12.1 Å². The molecule has 3 fully saturated rings. The van der Waals surface area contributed by atoms with Crippen molar-refractivity contribution in [1.82, 2.24) is 15.2 Å². The molecule has 0 spiro atoms. The van der Waals surface area contributed by atoms with Gasteiger partial charge in [0.25, 0.3) is 0 Å². The molecule has 6 rings (SSSR count).